The van der Waals surface area contributed by atoms with Gasteiger partial charge in [-0.3, -0.25) is 4.99 Å². The molecule has 3 rings (SSSR count). The molecule has 0 spiro atoms. The van der Waals surface area contributed by atoms with Crippen molar-refractivity contribution >= 4 is 5.96 Å². The molecule has 1 unspecified atom stereocenters. The fraction of sp³-hybridized carbons (Fsp3) is 0.435. The number of benzene rings is 2. The molecule has 0 saturated carbocycles. The molecule has 1 aliphatic rings. The average molecular weight is 418 g/mol. The summed E-state index contributed by atoms with van der Waals surface area (Å²) in [5.74, 6) is -1.13. The quantitative estimate of drug-likeness (QED) is 0.526. The number of hydrogen-bond acceptors (Lipinski definition) is 3. The fourth-order valence-corrected chi connectivity index (χ4v) is 3.34. The lowest BCUT2D eigenvalue weighted by Crippen LogP contribution is -2.38. The summed E-state index contributed by atoms with van der Waals surface area (Å²) in [7, 11) is 1.67. The molecule has 0 amide bonds. The van der Waals surface area contributed by atoms with Crippen molar-refractivity contribution in [3.05, 3.63) is 70.8 Å². The lowest BCUT2D eigenvalue weighted by molar-refractivity contribution is -0.0390. The van der Waals surface area contributed by atoms with Gasteiger partial charge in [0.1, 0.15) is 0 Å². The van der Waals surface area contributed by atoms with Crippen molar-refractivity contribution in [2.75, 3.05) is 20.3 Å². The van der Waals surface area contributed by atoms with Gasteiger partial charge in [0.05, 0.1) is 18.8 Å². The largest absolute Gasteiger partial charge is 0.381 e. The third kappa shape index (κ3) is 6.50. The Labute approximate surface area is 176 Å². The second kappa shape index (κ2) is 11.0. The van der Waals surface area contributed by atoms with Crippen LogP contribution in [0.2, 0.25) is 0 Å². The van der Waals surface area contributed by atoms with Gasteiger partial charge < -0.3 is 20.1 Å². The second-order valence-corrected chi connectivity index (χ2v) is 7.41. The highest BCUT2D eigenvalue weighted by Gasteiger charge is 2.14. The summed E-state index contributed by atoms with van der Waals surface area (Å²) in [6, 6.07) is 11.9. The molecule has 0 radical (unpaired) electrons. The Bertz CT molecular complexity index is 854. The van der Waals surface area contributed by atoms with Crippen molar-refractivity contribution in [3.63, 3.8) is 0 Å². The van der Waals surface area contributed by atoms with Crippen LogP contribution in [0.3, 0.4) is 0 Å². The molecule has 2 N–H and O–H groups in total. The van der Waals surface area contributed by atoms with E-state index < -0.39 is 11.6 Å². The Morgan fingerprint density at radius 2 is 1.90 bits per heavy atom. The van der Waals surface area contributed by atoms with E-state index in [0.717, 1.165) is 43.2 Å². The van der Waals surface area contributed by atoms with E-state index in [0.29, 0.717) is 24.7 Å². The summed E-state index contributed by atoms with van der Waals surface area (Å²) >= 11 is 0. The summed E-state index contributed by atoms with van der Waals surface area (Å²) in [6.45, 7) is 4.56. The fourth-order valence-electron chi connectivity index (χ4n) is 3.34. The molecule has 0 bridgehead atoms. The lowest BCUT2D eigenvalue weighted by atomic mass is 10.1. The molecule has 5 nitrogen and oxygen atoms in total. The average Bonchev–Trinajstić information content (AvgIpc) is 2.78. The zero-order chi connectivity index (χ0) is 21.3. The van der Waals surface area contributed by atoms with Crippen molar-refractivity contribution < 1.29 is 18.3 Å². The molecule has 1 aliphatic heterocycles. The van der Waals surface area contributed by atoms with Crippen molar-refractivity contribution in [1.82, 2.24) is 10.6 Å². The Morgan fingerprint density at radius 3 is 2.63 bits per heavy atom. The van der Waals surface area contributed by atoms with Crippen LogP contribution in [0.4, 0.5) is 8.78 Å². The maximum absolute atomic E-state index is 13.5. The minimum absolute atomic E-state index is 0.231. The van der Waals surface area contributed by atoms with Crippen LogP contribution >= 0.6 is 0 Å². The van der Waals surface area contributed by atoms with Crippen LogP contribution in [0.15, 0.2) is 47.5 Å². The van der Waals surface area contributed by atoms with E-state index in [9.17, 15) is 8.78 Å². The van der Waals surface area contributed by atoms with Gasteiger partial charge in [-0.05, 0) is 48.6 Å². The Balaban J connectivity index is 1.51. The highest BCUT2D eigenvalue weighted by molar-refractivity contribution is 5.80. The van der Waals surface area contributed by atoms with Gasteiger partial charge in [0.25, 0.3) is 0 Å². The summed E-state index contributed by atoms with van der Waals surface area (Å²) in [5.41, 5.74) is 2.87. The van der Waals surface area contributed by atoms with Crippen molar-refractivity contribution in [1.29, 1.82) is 0 Å². The highest BCUT2D eigenvalue weighted by atomic mass is 19.2. The van der Waals surface area contributed by atoms with Gasteiger partial charge in [-0.2, -0.15) is 0 Å². The topological polar surface area (TPSA) is 54.9 Å². The van der Waals surface area contributed by atoms with E-state index >= 15 is 0 Å². The molecule has 7 heteroatoms. The van der Waals surface area contributed by atoms with E-state index in [2.05, 4.69) is 27.8 Å². The number of nitrogens with one attached hydrogen (secondary N) is 2. The maximum Gasteiger partial charge on any atom is 0.191 e. The van der Waals surface area contributed by atoms with Gasteiger partial charge in [-0.25, -0.2) is 8.78 Å². The van der Waals surface area contributed by atoms with E-state index in [1.165, 1.54) is 6.07 Å². The van der Waals surface area contributed by atoms with Crippen molar-refractivity contribution in [2.24, 2.45) is 4.99 Å². The Kier molecular flexibility index (Phi) is 8.16. The van der Waals surface area contributed by atoms with Crippen LogP contribution in [0.5, 0.6) is 0 Å². The molecular weight excluding hydrogens is 388 g/mol. The first kappa shape index (κ1) is 22.2. The zero-order valence-corrected chi connectivity index (χ0v) is 17.5. The Morgan fingerprint density at radius 1 is 1.13 bits per heavy atom. The number of hydrogen-bond donors (Lipinski definition) is 2. The van der Waals surface area contributed by atoms with E-state index in [-0.39, 0.29) is 12.1 Å². The normalized spacial score (nSPS) is 16.3. The molecule has 1 fully saturated rings. The van der Waals surface area contributed by atoms with Crippen LogP contribution in [-0.4, -0.2) is 32.3 Å². The molecule has 0 aliphatic carbocycles. The molecule has 30 heavy (non-hydrogen) atoms. The number of ether oxygens (including phenoxy) is 2. The minimum Gasteiger partial charge on any atom is -0.381 e. The van der Waals surface area contributed by atoms with Crippen LogP contribution in [0.1, 0.15) is 42.5 Å². The number of halogens is 2. The minimum atomic E-state index is -0.858. The highest BCUT2D eigenvalue weighted by Crippen LogP contribution is 2.16. The second-order valence-electron chi connectivity index (χ2n) is 7.41. The molecular formula is C23H29F2N3O2. The first-order valence-electron chi connectivity index (χ1n) is 10.2. The smallest absolute Gasteiger partial charge is 0.191 e. The van der Waals surface area contributed by atoms with Crippen molar-refractivity contribution in [2.45, 2.75) is 45.1 Å². The van der Waals surface area contributed by atoms with Gasteiger partial charge in [0, 0.05) is 26.8 Å². The number of guanidine groups is 1. The van der Waals surface area contributed by atoms with Crippen LogP contribution in [-0.2, 0) is 22.6 Å². The lowest BCUT2D eigenvalue weighted by Gasteiger charge is -2.22. The van der Waals surface area contributed by atoms with E-state index in [1.807, 2.05) is 19.1 Å². The van der Waals surface area contributed by atoms with Crippen molar-refractivity contribution in [3.8, 4) is 0 Å². The van der Waals surface area contributed by atoms with Crippen LogP contribution in [0.25, 0.3) is 0 Å². The molecule has 162 valence electrons. The molecule has 1 saturated heterocycles. The molecule has 1 atom stereocenters. The summed E-state index contributed by atoms with van der Waals surface area (Å²) in [6.07, 6.45) is 2.15. The standard InChI is InChI=1S/C23H29F2N3O2/c1-16(19-6-7-21(24)22(25)13-19)28-23(26-2)27-14-17-4-3-5-18(12-17)15-30-20-8-10-29-11-9-20/h3-7,12-13,16,20H,8-11,14-15H2,1-2H3,(H2,26,27,28). The molecule has 2 aromatic rings. The number of aliphatic imine (C=N–C) groups is 1. The number of nitrogens with zero attached hydrogens (tertiary/aromatic N) is 1. The van der Waals surface area contributed by atoms with Crippen LogP contribution < -0.4 is 10.6 Å². The SMILES string of the molecule is CN=C(NCc1cccc(COC2CCOCC2)c1)NC(C)c1ccc(F)c(F)c1. The summed E-state index contributed by atoms with van der Waals surface area (Å²) in [5, 5.41) is 6.45. The third-order valence-corrected chi connectivity index (χ3v) is 5.13. The maximum atomic E-state index is 13.5. The predicted molar refractivity (Wildman–Crippen MR) is 113 cm³/mol. The van der Waals surface area contributed by atoms with Gasteiger partial charge in [-0.1, -0.05) is 30.3 Å². The van der Waals surface area contributed by atoms with E-state index in [1.54, 1.807) is 13.1 Å². The van der Waals surface area contributed by atoms with Gasteiger partial charge >= 0.3 is 0 Å². The summed E-state index contributed by atoms with van der Waals surface area (Å²) < 4.78 is 38.0. The van der Waals surface area contributed by atoms with Gasteiger partial charge in [0.15, 0.2) is 17.6 Å². The number of rotatable bonds is 7. The predicted octanol–water partition coefficient (Wildman–Crippen LogP) is 4.09. The van der Waals surface area contributed by atoms with E-state index in [4.69, 9.17) is 9.47 Å². The Hall–Kier alpha value is -2.51. The summed E-state index contributed by atoms with van der Waals surface area (Å²) in [4.78, 5) is 4.22. The first-order valence-corrected chi connectivity index (χ1v) is 10.2. The molecule has 2 aromatic carbocycles. The first-order chi connectivity index (χ1) is 14.5. The van der Waals surface area contributed by atoms with Gasteiger partial charge in [0.2, 0.25) is 0 Å². The molecule has 0 aromatic heterocycles. The van der Waals surface area contributed by atoms with Crippen LogP contribution in [0, 0.1) is 11.6 Å². The third-order valence-electron chi connectivity index (χ3n) is 5.13. The monoisotopic (exact) mass is 417 g/mol. The van der Waals surface area contributed by atoms with Gasteiger partial charge in [-0.15, -0.1) is 0 Å². The molecule has 1 heterocycles. The zero-order valence-electron chi connectivity index (χ0n) is 17.5.